The van der Waals surface area contributed by atoms with E-state index in [4.69, 9.17) is 26.8 Å². The first-order valence-corrected chi connectivity index (χ1v) is 12.3. The fourth-order valence-electron chi connectivity index (χ4n) is 4.22. The maximum atomic E-state index is 13.3. The van der Waals surface area contributed by atoms with Gasteiger partial charge in [-0.1, -0.05) is 41.9 Å². The number of carboxylic acid groups (broad SMARTS) is 1. The lowest BCUT2D eigenvalue weighted by Gasteiger charge is -2.22. The molecule has 9 nitrogen and oxygen atoms in total. The smallest absolute Gasteiger partial charge is 0.336 e. The Morgan fingerprint density at radius 3 is 2.41 bits per heavy atom. The van der Waals surface area contributed by atoms with Gasteiger partial charge in [0, 0.05) is 18.1 Å². The number of aromatic carboxylic acids is 1. The molecule has 39 heavy (non-hydrogen) atoms. The summed E-state index contributed by atoms with van der Waals surface area (Å²) < 4.78 is 11.6. The number of carboxylic acids is 1. The van der Waals surface area contributed by atoms with E-state index in [1.807, 2.05) is 31.2 Å². The Labute approximate surface area is 229 Å². The number of likely N-dealkylation sites (N-methyl/N-ethyl adjacent to an activating group) is 1. The fourth-order valence-corrected chi connectivity index (χ4v) is 4.48. The second-order valence-electron chi connectivity index (χ2n) is 8.80. The minimum Gasteiger partial charge on any atom is -0.495 e. The summed E-state index contributed by atoms with van der Waals surface area (Å²) in [6.07, 6.45) is -1.12. The molecule has 4 aromatic rings. The summed E-state index contributed by atoms with van der Waals surface area (Å²) in [7, 11) is 2.78. The highest BCUT2D eigenvalue weighted by Crippen LogP contribution is 2.37. The van der Waals surface area contributed by atoms with Crippen LogP contribution in [0, 0.1) is 6.92 Å². The zero-order chi connectivity index (χ0) is 28.3. The van der Waals surface area contributed by atoms with Gasteiger partial charge in [-0.2, -0.15) is 0 Å². The lowest BCUT2D eigenvalue weighted by Crippen LogP contribution is -2.33. The summed E-state index contributed by atoms with van der Waals surface area (Å²) in [5.41, 5.74) is 8.05. The zero-order valence-electron chi connectivity index (χ0n) is 21.5. The van der Waals surface area contributed by atoms with Crippen molar-refractivity contribution < 1.29 is 29.0 Å². The number of amides is 1. The van der Waals surface area contributed by atoms with Crippen molar-refractivity contribution in [1.82, 2.24) is 9.88 Å². The van der Waals surface area contributed by atoms with Gasteiger partial charge in [0.25, 0.3) is 5.91 Å². The average molecular weight is 548 g/mol. The molecule has 1 aromatic heterocycles. The molecule has 0 aliphatic carbocycles. The van der Waals surface area contributed by atoms with Crippen LogP contribution in [-0.2, 0) is 0 Å². The second kappa shape index (κ2) is 11.5. The van der Waals surface area contributed by atoms with Gasteiger partial charge in [0.1, 0.15) is 17.0 Å². The normalized spacial score (nSPS) is 11.6. The number of halogens is 1. The third-order valence-electron chi connectivity index (χ3n) is 6.12. The lowest BCUT2D eigenvalue weighted by molar-refractivity contribution is 0.0679. The van der Waals surface area contributed by atoms with Gasteiger partial charge in [-0.05, 0) is 43.3 Å². The summed E-state index contributed by atoms with van der Waals surface area (Å²) >= 11 is 6.49. The number of rotatable bonds is 9. The summed E-state index contributed by atoms with van der Waals surface area (Å²) in [5, 5.41) is 10.5. The van der Waals surface area contributed by atoms with Crippen molar-refractivity contribution in [2.24, 2.45) is 5.73 Å². The first-order valence-electron chi connectivity index (χ1n) is 11.9. The maximum Gasteiger partial charge on any atom is 0.336 e. The van der Waals surface area contributed by atoms with E-state index in [1.165, 1.54) is 44.5 Å². The topological polar surface area (TPSA) is 132 Å². The quantitative estimate of drug-likeness (QED) is 0.223. The highest BCUT2D eigenvalue weighted by Gasteiger charge is 2.27. The van der Waals surface area contributed by atoms with E-state index in [0.717, 1.165) is 16.0 Å². The van der Waals surface area contributed by atoms with Gasteiger partial charge in [-0.25, -0.2) is 9.78 Å². The summed E-state index contributed by atoms with van der Waals surface area (Å²) in [4.78, 5) is 43.5. The number of Topliss-reactive ketones (excluding diaryl/α,β-unsaturated/α-hetero) is 1. The number of carbonyl (C=O) groups is 3. The van der Waals surface area contributed by atoms with E-state index in [9.17, 15) is 19.5 Å². The summed E-state index contributed by atoms with van der Waals surface area (Å²) in [6, 6.07) is 18.0. The Hall–Kier alpha value is -4.47. The average Bonchev–Trinajstić information content (AvgIpc) is 2.92. The van der Waals surface area contributed by atoms with Gasteiger partial charge in [0.15, 0.2) is 12.0 Å². The van der Waals surface area contributed by atoms with Crippen LogP contribution in [0.25, 0.3) is 10.9 Å². The highest BCUT2D eigenvalue weighted by molar-refractivity contribution is 6.32. The molecular formula is C29H26ClN3O6. The van der Waals surface area contributed by atoms with E-state index in [1.54, 1.807) is 12.1 Å². The highest BCUT2D eigenvalue weighted by atomic mass is 35.5. The fraction of sp³-hybridized carbons (Fsp3) is 0.172. The minimum absolute atomic E-state index is 0.0292. The number of benzene rings is 3. The molecule has 1 atom stereocenters. The van der Waals surface area contributed by atoms with Crippen LogP contribution in [0.15, 0.2) is 66.7 Å². The van der Waals surface area contributed by atoms with Crippen molar-refractivity contribution in [2.45, 2.75) is 13.2 Å². The largest absolute Gasteiger partial charge is 0.495 e. The molecular weight excluding hydrogens is 522 g/mol. The number of para-hydroxylation sites is 1. The summed E-state index contributed by atoms with van der Waals surface area (Å²) in [5.74, 6) is -1.79. The molecule has 200 valence electrons. The van der Waals surface area contributed by atoms with E-state index >= 15 is 0 Å². The first-order chi connectivity index (χ1) is 18.6. The van der Waals surface area contributed by atoms with Crippen LogP contribution in [0.1, 0.15) is 48.6 Å². The van der Waals surface area contributed by atoms with Crippen LogP contribution >= 0.6 is 11.6 Å². The van der Waals surface area contributed by atoms with Gasteiger partial charge in [-0.15, -0.1) is 0 Å². The summed E-state index contributed by atoms with van der Waals surface area (Å²) in [6.45, 7) is 1.51. The van der Waals surface area contributed by atoms with Crippen LogP contribution < -0.4 is 15.2 Å². The number of nitrogens with zero attached hydrogens (tertiary/aromatic N) is 2. The monoisotopic (exact) mass is 547 g/mol. The zero-order valence-corrected chi connectivity index (χ0v) is 22.2. The standard InChI is InChI=1S/C29H26ClN3O6/c1-16-11-12-17-7-6-10-23(25(17)32-16)39-27(31)24-21(30)14-13-20(26(24)38-3)22(34)15-33(2)28(35)18-8-4-5-9-19(18)29(36)37/h4-14,27H,15,31H2,1-3H3,(H,36,37). The molecule has 10 heteroatoms. The first kappa shape index (κ1) is 27.6. The number of pyridine rings is 1. The van der Waals surface area contributed by atoms with Crippen LogP contribution in [0.2, 0.25) is 5.02 Å². The Balaban J connectivity index is 1.62. The van der Waals surface area contributed by atoms with Gasteiger partial charge < -0.3 is 19.5 Å². The van der Waals surface area contributed by atoms with E-state index in [2.05, 4.69) is 4.98 Å². The van der Waals surface area contributed by atoms with Crippen molar-refractivity contribution in [3.8, 4) is 11.5 Å². The molecule has 4 rings (SSSR count). The number of methoxy groups -OCH3 is 1. The lowest BCUT2D eigenvalue weighted by atomic mass is 10.0. The predicted octanol–water partition coefficient (Wildman–Crippen LogP) is 4.89. The van der Waals surface area contributed by atoms with Crippen LogP contribution in [0.4, 0.5) is 0 Å². The van der Waals surface area contributed by atoms with Crippen molar-refractivity contribution in [2.75, 3.05) is 20.7 Å². The molecule has 0 fully saturated rings. The Bertz CT molecular complexity index is 1590. The van der Waals surface area contributed by atoms with E-state index in [0.29, 0.717) is 11.3 Å². The third-order valence-corrected chi connectivity index (χ3v) is 6.45. The van der Waals surface area contributed by atoms with Crippen LogP contribution in [0.5, 0.6) is 11.5 Å². The molecule has 1 amide bonds. The molecule has 0 radical (unpaired) electrons. The number of fused-ring (bicyclic) bond motifs is 1. The van der Waals surface area contributed by atoms with E-state index in [-0.39, 0.29) is 39.6 Å². The van der Waals surface area contributed by atoms with Crippen molar-refractivity contribution in [3.05, 3.63) is 99.7 Å². The number of aromatic nitrogens is 1. The molecule has 3 N–H and O–H groups in total. The number of aryl methyl sites for hydroxylation is 1. The maximum absolute atomic E-state index is 13.3. The van der Waals surface area contributed by atoms with Crippen LogP contribution in [-0.4, -0.2) is 53.4 Å². The molecule has 0 saturated carbocycles. The minimum atomic E-state index is -1.24. The van der Waals surface area contributed by atoms with Gasteiger partial charge in [-0.3, -0.25) is 15.3 Å². The van der Waals surface area contributed by atoms with Crippen LogP contribution in [0.3, 0.4) is 0 Å². The Morgan fingerprint density at radius 1 is 1.00 bits per heavy atom. The number of nitrogens with two attached hydrogens (primary N) is 1. The number of carbonyl (C=O) groups excluding carboxylic acids is 2. The molecule has 0 spiro atoms. The molecule has 0 saturated heterocycles. The number of ketones is 1. The van der Waals surface area contributed by atoms with Gasteiger partial charge >= 0.3 is 5.97 Å². The number of ether oxygens (including phenoxy) is 2. The SMILES string of the molecule is COc1c(C(=O)CN(C)C(=O)c2ccccc2C(=O)O)ccc(Cl)c1C(N)Oc1cccc2ccc(C)nc12. The predicted molar refractivity (Wildman–Crippen MR) is 147 cm³/mol. The molecule has 0 bridgehead atoms. The number of hydrogen-bond donors (Lipinski definition) is 2. The van der Waals surface area contributed by atoms with E-state index < -0.39 is 23.9 Å². The molecule has 3 aromatic carbocycles. The molecule has 1 heterocycles. The third kappa shape index (κ3) is 5.69. The Kier molecular flexibility index (Phi) is 8.13. The second-order valence-corrected chi connectivity index (χ2v) is 9.20. The Morgan fingerprint density at radius 2 is 1.72 bits per heavy atom. The van der Waals surface area contributed by atoms with Crippen molar-refractivity contribution >= 4 is 40.2 Å². The van der Waals surface area contributed by atoms with Gasteiger partial charge in [0.05, 0.1) is 40.9 Å². The van der Waals surface area contributed by atoms with Crippen molar-refractivity contribution in [3.63, 3.8) is 0 Å². The van der Waals surface area contributed by atoms with Gasteiger partial charge in [0.2, 0.25) is 0 Å². The molecule has 0 aliphatic rings. The number of hydrogen-bond acceptors (Lipinski definition) is 7. The molecule has 1 unspecified atom stereocenters. The molecule has 0 aliphatic heterocycles. The van der Waals surface area contributed by atoms with Crippen molar-refractivity contribution in [1.29, 1.82) is 0 Å².